The molecule has 0 N–H and O–H groups in total. The molecule has 0 bridgehead atoms. The van der Waals surface area contributed by atoms with Gasteiger partial charge in [-0.25, -0.2) is 0 Å². The van der Waals surface area contributed by atoms with Crippen molar-refractivity contribution in [3.8, 4) is 6.07 Å². The predicted octanol–water partition coefficient (Wildman–Crippen LogP) is 1.65. The smallest absolute Gasteiger partial charge is 0.0866 e. The molecule has 2 heterocycles. The lowest BCUT2D eigenvalue weighted by molar-refractivity contribution is 0.205. The average molecular weight is 189 g/mol. The lowest BCUT2D eigenvalue weighted by Gasteiger charge is -2.31. The molecular weight excluding hydrogens is 174 g/mol. The maximum absolute atomic E-state index is 8.57. The molecule has 3 nitrogen and oxygen atoms in total. The molecule has 1 saturated heterocycles. The van der Waals surface area contributed by atoms with Gasteiger partial charge in [-0.1, -0.05) is 0 Å². The number of piperidine rings is 1. The topological polar surface area (TPSA) is 32.0 Å². The van der Waals surface area contributed by atoms with E-state index in [9.17, 15) is 0 Å². The van der Waals surface area contributed by atoms with E-state index >= 15 is 0 Å². The Morgan fingerprint density at radius 3 is 2.43 bits per heavy atom. The van der Waals surface area contributed by atoms with E-state index in [1.807, 2.05) is 0 Å². The molecule has 0 aromatic carbocycles. The van der Waals surface area contributed by atoms with Crippen LogP contribution in [0.3, 0.4) is 0 Å². The Balaban J connectivity index is 1.88. The van der Waals surface area contributed by atoms with Crippen LogP contribution in [-0.4, -0.2) is 29.1 Å². The van der Waals surface area contributed by atoms with Gasteiger partial charge in [-0.05, 0) is 25.0 Å². The highest BCUT2D eigenvalue weighted by atomic mass is 15.1. The van der Waals surface area contributed by atoms with E-state index in [0.29, 0.717) is 12.6 Å². The van der Waals surface area contributed by atoms with Crippen molar-refractivity contribution in [2.24, 2.45) is 0 Å². The summed E-state index contributed by atoms with van der Waals surface area (Å²) in [5.74, 6) is 0. The second kappa shape index (κ2) is 4.30. The minimum atomic E-state index is 0.582. The largest absolute Gasteiger partial charge is 0.351 e. The molecule has 0 amide bonds. The van der Waals surface area contributed by atoms with Crippen LogP contribution in [0.2, 0.25) is 0 Å². The first kappa shape index (κ1) is 9.29. The van der Waals surface area contributed by atoms with Crippen LogP contribution < -0.4 is 0 Å². The first-order chi connectivity index (χ1) is 6.90. The Bertz CT molecular complexity index is 302. The summed E-state index contributed by atoms with van der Waals surface area (Å²) in [5, 5.41) is 8.57. The minimum absolute atomic E-state index is 0.582. The molecule has 0 saturated carbocycles. The van der Waals surface area contributed by atoms with Crippen LogP contribution in [0.4, 0.5) is 0 Å². The van der Waals surface area contributed by atoms with Crippen molar-refractivity contribution in [1.82, 2.24) is 9.47 Å². The van der Waals surface area contributed by atoms with Gasteiger partial charge in [0.15, 0.2) is 0 Å². The Labute approximate surface area is 84.6 Å². The van der Waals surface area contributed by atoms with Gasteiger partial charge in [0.05, 0.1) is 12.6 Å². The Hall–Kier alpha value is -1.27. The Morgan fingerprint density at radius 1 is 1.21 bits per heavy atom. The molecule has 1 aliphatic rings. The summed E-state index contributed by atoms with van der Waals surface area (Å²) in [6, 6.07) is 6.99. The minimum Gasteiger partial charge on any atom is -0.351 e. The molecule has 0 spiro atoms. The summed E-state index contributed by atoms with van der Waals surface area (Å²) in [4.78, 5) is 2.22. The SMILES string of the molecule is N#CCN1CCC(n2cccc2)CC1. The van der Waals surface area contributed by atoms with Gasteiger partial charge in [0, 0.05) is 31.5 Å². The zero-order valence-corrected chi connectivity index (χ0v) is 8.26. The van der Waals surface area contributed by atoms with Gasteiger partial charge >= 0.3 is 0 Å². The third-order valence-corrected chi connectivity index (χ3v) is 2.90. The summed E-state index contributed by atoms with van der Waals surface area (Å²) in [5.41, 5.74) is 0. The Kier molecular flexibility index (Phi) is 2.85. The van der Waals surface area contributed by atoms with E-state index < -0.39 is 0 Å². The second-order valence-corrected chi connectivity index (χ2v) is 3.80. The van der Waals surface area contributed by atoms with Gasteiger partial charge in [-0.3, -0.25) is 4.90 Å². The third-order valence-electron chi connectivity index (χ3n) is 2.90. The number of nitrogens with zero attached hydrogens (tertiary/aromatic N) is 3. The van der Waals surface area contributed by atoms with E-state index in [1.54, 1.807) is 0 Å². The molecule has 0 radical (unpaired) electrons. The number of rotatable bonds is 2. The van der Waals surface area contributed by atoms with Crippen molar-refractivity contribution >= 4 is 0 Å². The van der Waals surface area contributed by atoms with Crippen molar-refractivity contribution in [3.63, 3.8) is 0 Å². The molecule has 0 atom stereocenters. The first-order valence-electron chi connectivity index (χ1n) is 5.12. The lowest BCUT2D eigenvalue weighted by atomic mass is 10.1. The normalized spacial score (nSPS) is 19.4. The monoisotopic (exact) mass is 189 g/mol. The van der Waals surface area contributed by atoms with Crippen molar-refractivity contribution in [3.05, 3.63) is 24.5 Å². The second-order valence-electron chi connectivity index (χ2n) is 3.80. The number of aromatic nitrogens is 1. The predicted molar refractivity (Wildman–Crippen MR) is 54.8 cm³/mol. The summed E-state index contributed by atoms with van der Waals surface area (Å²) >= 11 is 0. The summed E-state index contributed by atoms with van der Waals surface area (Å²) in [6.07, 6.45) is 6.59. The van der Waals surface area contributed by atoms with Crippen molar-refractivity contribution in [1.29, 1.82) is 5.26 Å². The quantitative estimate of drug-likeness (QED) is 0.662. The highest BCUT2D eigenvalue weighted by Gasteiger charge is 2.18. The highest BCUT2D eigenvalue weighted by Crippen LogP contribution is 2.21. The number of hydrogen-bond acceptors (Lipinski definition) is 2. The molecule has 74 valence electrons. The molecule has 1 aliphatic heterocycles. The molecular formula is C11H15N3. The fourth-order valence-corrected chi connectivity index (χ4v) is 2.07. The van der Waals surface area contributed by atoms with Crippen LogP contribution in [0, 0.1) is 11.3 Å². The zero-order valence-electron chi connectivity index (χ0n) is 8.26. The van der Waals surface area contributed by atoms with E-state index in [2.05, 4.69) is 40.1 Å². The molecule has 1 fully saturated rings. The van der Waals surface area contributed by atoms with E-state index in [-0.39, 0.29) is 0 Å². The fourth-order valence-electron chi connectivity index (χ4n) is 2.07. The van der Waals surface area contributed by atoms with Gasteiger partial charge in [0.1, 0.15) is 0 Å². The van der Waals surface area contributed by atoms with E-state index in [0.717, 1.165) is 25.9 Å². The van der Waals surface area contributed by atoms with Crippen LogP contribution in [0.25, 0.3) is 0 Å². The first-order valence-corrected chi connectivity index (χ1v) is 5.12. The molecule has 1 aromatic heterocycles. The number of nitriles is 1. The van der Waals surface area contributed by atoms with Gasteiger partial charge in [-0.2, -0.15) is 5.26 Å². The summed E-state index contributed by atoms with van der Waals surface area (Å²) in [6.45, 7) is 2.69. The molecule has 0 unspecified atom stereocenters. The Morgan fingerprint density at radius 2 is 1.86 bits per heavy atom. The van der Waals surface area contributed by atoms with Crippen molar-refractivity contribution < 1.29 is 0 Å². The molecule has 14 heavy (non-hydrogen) atoms. The maximum Gasteiger partial charge on any atom is 0.0866 e. The lowest BCUT2D eigenvalue weighted by Crippen LogP contribution is -2.34. The van der Waals surface area contributed by atoms with Crippen molar-refractivity contribution in [2.75, 3.05) is 19.6 Å². The van der Waals surface area contributed by atoms with E-state index in [4.69, 9.17) is 5.26 Å². The van der Waals surface area contributed by atoms with Crippen LogP contribution >= 0.6 is 0 Å². The highest BCUT2D eigenvalue weighted by molar-refractivity contribution is 4.94. The zero-order chi connectivity index (χ0) is 9.80. The van der Waals surface area contributed by atoms with Crippen LogP contribution in [0.15, 0.2) is 24.5 Å². The fraction of sp³-hybridized carbons (Fsp3) is 0.545. The van der Waals surface area contributed by atoms with Gasteiger partial charge in [-0.15, -0.1) is 0 Å². The average Bonchev–Trinajstić information content (AvgIpc) is 2.72. The van der Waals surface area contributed by atoms with Gasteiger partial charge < -0.3 is 4.57 Å². The van der Waals surface area contributed by atoms with Crippen LogP contribution in [-0.2, 0) is 0 Å². The summed E-state index contributed by atoms with van der Waals surface area (Å²) in [7, 11) is 0. The standard InChI is InChI=1S/C11H15N3/c12-5-10-13-8-3-11(4-9-13)14-6-1-2-7-14/h1-2,6-7,11H,3-4,8-10H2. The number of likely N-dealkylation sites (tertiary alicyclic amines) is 1. The maximum atomic E-state index is 8.57. The van der Waals surface area contributed by atoms with Gasteiger partial charge in [0.25, 0.3) is 0 Å². The molecule has 1 aromatic rings. The molecule has 0 aliphatic carbocycles. The summed E-state index contributed by atoms with van der Waals surface area (Å²) < 4.78 is 2.28. The number of hydrogen-bond donors (Lipinski definition) is 0. The molecule has 3 heteroatoms. The third kappa shape index (κ3) is 1.97. The van der Waals surface area contributed by atoms with Crippen LogP contribution in [0.5, 0.6) is 0 Å². The van der Waals surface area contributed by atoms with Crippen molar-refractivity contribution in [2.45, 2.75) is 18.9 Å². The van der Waals surface area contributed by atoms with Crippen LogP contribution in [0.1, 0.15) is 18.9 Å². The van der Waals surface area contributed by atoms with E-state index in [1.165, 1.54) is 0 Å². The molecule has 2 rings (SSSR count). The van der Waals surface area contributed by atoms with Gasteiger partial charge in [0.2, 0.25) is 0 Å².